The highest BCUT2D eigenvalue weighted by Crippen LogP contribution is 2.22. The second kappa shape index (κ2) is 7.25. The van der Waals surface area contributed by atoms with Gasteiger partial charge in [0, 0.05) is 17.8 Å². The number of nitrogens with one attached hydrogen (secondary N) is 1. The van der Waals surface area contributed by atoms with E-state index < -0.39 is 0 Å². The fraction of sp³-hybridized carbons (Fsp3) is 0.100. The normalized spacial score (nSPS) is 10.3. The van der Waals surface area contributed by atoms with Crippen molar-refractivity contribution in [2.75, 3.05) is 23.8 Å². The number of hydrogen-bond acceptors (Lipinski definition) is 3. The zero-order valence-corrected chi connectivity index (χ0v) is 14.4. The Bertz CT molecular complexity index is 978. The topological polar surface area (TPSA) is 56.1 Å². The van der Waals surface area contributed by atoms with Crippen LogP contribution in [-0.2, 0) is 4.79 Å². The summed E-state index contributed by atoms with van der Waals surface area (Å²) in [6.07, 6.45) is 0. The summed E-state index contributed by atoms with van der Waals surface area (Å²) < 4.78 is 0. The number of carbonyl (C=O) groups excluding carboxylic acids is 1. The molecule has 0 fully saturated rings. The van der Waals surface area contributed by atoms with Crippen molar-refractivity contribution in [1.82, 2.24) is 0 Å². The molecule has 1 amide bonds. The number of hydrogen-bond donors (Lipinski definition) is 1. The van der Waals surface area contributed by atoms with E-state index in [1.165, 1.54) is 0 Å². The van der Waals surface area contributed by atoms with E-state index in [1.54, 1.807) is 18.2 Å². The smallest absolute Gasteiger partial charge is 0.243 e. The van der Waals surface area contributed by atoms with Gasteiger partial charge in [0.15, 0.2) is 0 Å². The molecule has 0 bridgehead atoms. The molecular weight excluding hydrogens is 334 g/mol. The van der Waals surface area contributed by atoms with Gasteiger partial charge in [0.25, 0.3) is 0 Å². The van der Waals surface area contributed by atoms with Gasteiger partial charge in [-0.2, -0.15) is 5.26 Å². The van der Waals surface area contributed by atoms with Gasteiger partial charge >= 0.3 is 0 Å². The molecule has 0 aliphatic carbocycles. The first-order valence-corrected chi connectivity index (χ1v) is 8.14. The van der Waals surface area contributed by atoms with Gasteiger partial charge in [-0.3, -0.25) is 4.79 Å². The largest absolute Gasteiger partial charge is 0.365 e. The molecule has 5 heteroatoms. The van der Waals surface area contributed by atoms with Crippen LogP contribution in [0.4, 0.5) is 11.4 Å². The maximum Gasteiger partial charge on any atom is 0.243 e. The van der Waals surface area contributed by atoms with Gasteiger partial charge in [-0.1, -0.05) is 41.9 Å². The quantitative estimate of drug-likeness (QED) is 0.757. The molecule has 0 radical (unpaired) electrons. The van der Waals surface area contributed by atoms with Gasteiger partial charge in [0.05, 0.1) is 17.8 Å². The van der Waals surface area contributed by atoms with Crippen LogP contribution in [0.1, 0.15) is 5.56 Å². The lowest BCUT2D eigenvalue weighted by molar-refractivity contribution is -0.114. The first kappa shape index (κ1) is 16.8. The summed E-state index contributed by atoms with van der Waals surface area (Å²) in [6, 6.07) is 21.0. The van der Waals surface area contributed by atoms with E-state index in [9.17, 15) is 4.79 Å². The van der Waals surface area contributed by atoms with E-state index in [2.05, 4.69) is 5.32 Å². The Balaban J connectivity index is 1.74. The van der Waals surface area contributed by atoms with Crippen molar-refractivity contribution in [3.8, 4) is 6.07 Å². The van der Waals surface area contributed by atoms with E-state index in [0.717, 1.165) is 16.5 Å². The fourth-order valence-corrected chi connectivity index (χ4v) is 2.80. The van der Waals surface area contributed by atoms with Gasteiger partial charge in [-0.15, -0.1) is 0 Å². The number of benzene rings is 3. The molecule has 0 spiro atoms. The highest BCUT2D eigenvalue weighted by molar-refractivity contribution is 6.31. The highest BCUT2D eigenvalue weighted by atomic mass is 35.5. The first-order chi connectivity index (χ1) is 12.1. The number of nitriles is 1. The molecule has 0 aliphatic rings. The zero-order valence-electron chi connectivity index (χ0n) is 13.7. The third kappa shape index (κ3) is 3.90. The number of anilines is 2. The lowest BCUT2D eigenvalue weighted by Crippen LogP contribution is -2.30. The molecule has 1 N–H and O–H groups in total. The average Bonchev–Trinajstić information content (AvgIpc) is 2.61. The molecule has 0 saturated heterocycles. The van der Waals surface area contributed by atoms with Crippen molar-refractivity contribution in [3.05, 3.63) is 71.2 Å². The summed E-state index contributed by atoms with van der Waals surface area (Å²) in [6.45, 7) is 0.162. The van der Waals surface area contributed by atoms with Crippen molar-refractivity contribution in [1.29, 1.82) is 5.26 Å². The number of nitrogens with zero attached hydrogens (tertiary/aromatic N) is 2. The van der Waals surface area contributed by atoms with Crippen molar-refractivity contribution in [2.45, 2.75) is 0 Å². The molecule has 0 saturated carbocycles. The summed E-state index contributed by atoms with van der Waals surface area (Å²) in [5, 5.41) is 14.6. The molecule has 0 atom stereocenters. The Labute approximate surface area is 151 Å². The molecule has 25 heavy (non-hydrogen) atoms. The molecule has 4 nitrogen and oxygen atoms in total. The molecule has 3 aromatic rings. The summed E-state index contributed by atoms with van der Waals surface area (Å²) in [5.74, 6) is -0.213. The Morgan fingerprint density at radius 3 is 2.64 bits per heavy atom. The van der Waals surface area contributed by atoms with Crippen LogP contribution in [0.5, 0.6) is 0 Å². The van der Waals surface area contributed by atoms with Crippen LogP contribution in [0.25, 0.3) is 10.8 Å². The first-order valence-electron chi connectivity index (χ1n) is 7.76. The van der Waals surface area contributed by atoms with Crippen LogP contribution >= 0.6 is 11.6 Å². The molecule has 0 aromatic heterocycles. The number of fused-ring (bicyclic) bond motifs is 1. The van der Waals surface area contributed by atoms with Crippen LogP contribution in [0.3, 0.4) is 0 Å². The van der Waals surface area contributed by atoms with E-state index in [4.69, 9.17) is 16.9 Å². The van der Waals surface area contributed by atoms with Crippen molar-refractivity contribution < 1.29 is 4.79 Å². The summed E-state index contributed by atoms with van der Waals surface area (Å²) >= 11 is 5.94. The Hall–Kier alpha value is -3.03. The van der Waals surface area contributed by atoms with Crippen LogP contribution < -0.4 is 10.2 Å². The minimum Gasteiger partial charge on any atom is -0.365 e. The van der Waals surface area contributed by atoms with Crippen LogP contribution in [0, 0.1) is 11.3 Å². The fourth-order valence-electron chi connectivity index (χ4n) is 2.63. The van der Waals surface area contributed by atoms with E-state index in [0.29, 0.717) is 16.3 Å². The van der Waals surface area contributed by atoms with Gasteiger partial charge < -0.3 is 10.2 Å². The molecule has 124 valence electrons. The maximum atomic E-state index is 12.3. The predicted octanol–water partition coefficient (Wildman–Crippen LogP) is 4.44. The summed E-state index contributed by atoms with van der Waals surface area (Å²) in [4.78, 5) is 14.2. The molecule has 0 aliphatic heterocycles. The van der Waals surface area contributed by atoms with E-state index in [-0.39, 0.29) is 12.5 Å². The second-order valence-electron chi connectivity index (χ2n) is 5.74. The van der Waals surface area contributed by atoms with E-state index in [1.807, 2.05) is 60.5 Å². The number of likely N-dealkylation sites (N-methyl/N-ethyl adjacent to an activating group) is 1. The summed E-state index contributed by atoms with van der Waals surface area (Å²) in [7, 11) is 1.85. The van der Waals surface area contributed by atoms with Crippen molar-refractivity contribution in [2.24, 2.45) is 0 Å². The van der Waals surface area contributed by atoms with Gasteiger partial charge in [0.2, 0.25) is 5.91 Å². The monoisotopic (exact) mass is 349 g/mol. The number of amides is 1. The zero-order chi connectivity index (χ0) is 17.8. The summed E-state index contributed by atoms with van der Waals surface area (Å²) in [5.41, 5.74) is 1.75. The standard InChI is InChI=1S/C20H16ClN3O/c1-24(18-9-7-14-4-2-3-5-15(14)10-18)13-20(25)23-19-11-17(21)8-6-16(19)12-22/h2-11H,13H2,1H3,(H,23,25). The average molecular weight is 350 g/mol. The highest BCUT2D eigenvalue weighted by Gasteiger charge is 2.11. The minimum absolute atomic E-state index is 0.162. The number of rotatable bonds is 4. The molecule has 0 heterocycles. The van der Waals surface area contributed by atoms with Crippen LogP contribution in [-0.4, -0.2) is 19.5 Å². The lowest BCUT2D eigenvalue weighted by Gasteiger charge is -2.19. The van der Waals surface area contributed by atoms with Crippen LogP contribution in [0.15, 0.2) is 60.7 Å². The minimum atomic E-state index is -0.213. The second-order valence-corrected chi connectivity index (χ2v) is 6.17. The number of halogens is 1. The molecular formula is C20H16ClN3O. The Kier molecular flexibility index (Phi) is 4.87. The molecule has 3 rings (SSSR count). The Morgan fingerprint density at radius 1 is 1.12 bits per heavy atom. The third-order valence-corrected chi connectivity index (χ3v) is 4.17. The third-order valence-electron chi connectivity index (χ3n) is 3.93. The predicted molar refractivity (Wildman–Crippen MR) is 102 cm³/mol. The Morgan fingerprint density at radius 2 is 1.88 bits per heavy atom. The molecule has 0 unspecified atom stereocenters. The van der Waals surface area contributed by atoms with Crippen molar-refractivity contribution >= 4 is 39.7 Å². The van der Waals surface area contributed by atoms with E-state index >= 15 is 0 Å². The number of carbonyl (C=O) groups is 1. The van der Waals surface area contributed by atoms with Crippen LogP contribution in [0.2, 0.25) is 5.02 Å². The van der Waals surface area contributed by atoms with Crippen molar-refractivity contribution in [3.63, 3.8) is 0 Å². The maximum absolute atomic E-state index is 12.3. The van der Waals surface area contributed by atoms with Gasteiger partial charge in [0.1, 0.15) is 6.07 Å². The SMILES string of the molecule is CN(CC(=O)Nc1cc(Cl)ccc1C#N)c1ccc2ccccc2c1. The molecule has 3 aromatic carbocycles. The van der Waals surface area contributed by atoms with Gasteiger partial charge in [-0.25, -0.2) is 0 Å². The van der Waals surface area contributed by atoms with Gasteiger partial charge in [-0.05, 0) is 41.1 Å². The lowest BCUT2D eigenvalue weighted by atomic mass is 10.1.